The van der Waals surface area contributed by atoms with Crippen LogP contribution < -0.4 is 14.2 Å². The van der Waals surface area contributed by atoms with Crippen LogP contribution in [0.2, 0.25) is 0 Å². The van der Waals surface area contributed by atoms with Crippen LogP contribution in [-0.4, -0.2) is 30.9 Å². The van der Waals surface area contributed by atoms with Crippen molar-refractivity contribution in [2.45, 2.75) is 17.5 Å². The first-order valence-corrected chi connectivity index (χ1v) is 11.6. The van der Waals surface area contributed by atoms with Gasteiger partial charge in [-0.05, 0) is 35.4 Å². The molecule has 1 aliphatic heterocycles. The van der Waals surface area contributed by atoms with Crippen molar-refractivity contribution >= 4 is 15.7 Å². The Balaban J connectivity index is 1.25. The molecule has 0 fully saturated rings. The molecule has 1 N–H and O–H groups in total. The number of hydrogen-bond acceptors (Lipinski definition) is 5. The maximum Gasteiger partial charge on any atom is 0.261 e. The van der Waals surface area contributed by atoms with Crippen LogP contribution in [0.1, 0.15) is 0 Å². The van der Waals surface area contributed by atoms with Crippen LogP contribution in [0.25, 0.3) is 11.1 Å². The number of aromatic nitrogens is 2. The highest BCUT2D eigenvalue weighted by atomic mass is 32.2. The fourth-order valence-corrected chi connectivity index (χ4v) is 4.58. The summed E-state index contributed by atoms with van der Waals surface area (Å²) in [6.07, 6.45) is 2.90. The average molecular weight is 448 g/mol. The molecule has 5 rings (SSSR count). The number of anilines is 1. The summed E-state index contributed by atoms with van der Waals surface area (Å²) < 4.78 is 41.5. The lowest BCUT2D eigenvalue weighted by atomic mass is 10.1. The van der Waals surface area contributed by atoms with Crippen molar-refractivity contribution in [1.29, 1.82) is 0 Å². The lowest BCUT2D eigenvalue weighted by Crippen LogP contribution is -2.33. The van der Waals surface area contributed by atoms with E-state index in [1.54, 1.807) is 35.1 Å². The zero-order valence-corrected chi connectivity index (χ0v) is 17.9. The molecule has 1 aliphatic rings. The van der Waals surface area contributed by atoms with Crippen LogP contribution in [0.3, 0.4) is 0 Å². The molecule has 3 aromatic carbocycles. The molecule has 1 aromatic heterocycles. The molecule has 8 heteroatoms. The number of para-hydroxylation sites is 2. The van der Waals surface area contributed by atoms with Gasteiger partial charge in [0.15, 0.2) is 17.6 Å². The summed E-state index contributed by atoms with van der Waals surface area (Å²) in [6, 6.07) is 24.1. The number of nitrogens with one attached hydrogen (secondary N) is 1. The van der Waals surface area contributed by atoms with Crippen LogP contribution in [-0.2, 0) is 16.6 Å². The van der Waals surface area contributed by atoms with E-state index in [-0.39, 0.29) is 11.0 Å². The van der Waals surface area contributed by atoms with Crippen LogP contribution >= 0.6 is 0 Å². The van der Waals surface area contributed by atoms with Crippen LogP contribution in [0.4, 0.5) is 5.69 Å². The largest absolute Gasteiger partial charge is 0.486 e. The zero-order chi connectivity index (χ0) is 22.0. The molecule has 0 spiro atoms. The molecule has 0 saturated carbocycles. The number of nitrogens with zero attached hydrogens (tertiary/aromatic N) is 2. The zero-order valence-electron chi connectivity index (χ0n) is 17.1. The van der Waals surface area contributed by atoms with Crippen molar-refractivity contribution < 1.29 is 17.9 Å². The van der Waals surface area contributed by atoms with E-state index in [0.29, 0.717) is 24.6 Å². The van der Waals surface area contributed by atoms with E-state index in [9.17, 15) is 8.42 Å². The van der Waals surface area contributed by atoms with Crippen molar-refractivity contribution in [3.8, 4) is 22.6 Å². The Hall–Kier alpha value is -3.78. The Labute approximate surface area is 186 Å². The van der Waals surface area contributed by atoms with Crippen molar-refractivity contribution in [2.75, 3.05) is 11.3 Å². The van der Waals surface area contributed by atoms with E-state index in [0.717, 1.165) is 16.9 Å². The fraction of sp³-hybridized carbons (Fsp3) is 0.125. The molecule has 0 bridgehead atoms. The van der Waals surface area contributed by atoms with Gasteiger partial charge in [-0.25, -0.2) is 8.42 Å². The highest BCUT2D eigenvalue weighted by molar-refractivity contribution is 7.92. The first-order valence-electron chi connectivity index (χ1n) is 10.2. The highest BCUT2D eigenvalue weighted by Crippen LogP contribution is 2.31. The molecular weight excluding hydrogens is 426 g/mol. The summed E-state index contributed by atoms with van der Waals surface area (Å²) in [7, 11) is -3.73. The average Bonchev–Trinajstić information content (AvgIpc) is 3.25. The Morgan fingerprint density at radius 1 is 0.906 bits per heavy atom. The standard InChI is InChI=1S/C24H21N3O4S/c28-32(29,22-12-10-19(11-13-22)18-6-2-1-3-7-18)26-20-14-25-27(15-20)16-21-17-30-23-8-4-5-9-24(23)31-21/h1-15,21,26H,16-17H2. The van der Waals surface area contributed by atoms with E-state index in [1.807, 2.05) is 54.6 Å². The van der Waals surface area contributed by atoms with Crippen molar-refractivity contribution in [2.24, 2.45) is 0 Å². The van der Waals surface area contributed by atoms with E-state index >= 15 is 0 Å². The molecule has 4 aromatic rings. The number of benzene rings is 3. The Bertz CT molecular complexity index is 1320. The molecule has 0 saturated heterocycles. The minimum Gasteiger partial charge on any atom is -0.486 e. The summed E-state index contributed by atoms with van der Waals surface area (Å²) in [6.45, 7) is 0.827. The van der Waals surface area contributed by atoms with Gasteiger partial charge in [0.1, 0.15) is 6.61 Å². The maximum atomic E-state index is 12.8. The molecule has 0 radical (unpaired) electrons. The minimum atomic E-state index is -3.73. The topological polar surface area (TPSA) is 82.5 Å². The fourth-order valence-electron chi connectivity index (χ4n) is 3.55. The third-order valence-electron chi connectivity index (χ3n) is 5.12. The summed E-state index contributed by atoms with van der Waals surface area (Å²) in [4.78, 5) is 0.186. The summed E-state index contributed by atoms with van der Waals surface area (Å²) >= 11 is 0. The molecule has 0 aliphatic carbocycles. The van der Waals surface area contributed by atoms with E-state index in [2.05, 4.69) is 9.82 Å². The lowest BCUT2D eigenvalue weighted by molar-refractivity contribution is 0.0759. The van der Waals surface area contributed by atoms with Crippen LogP contribution in [0.5, 0.6) is 11.5 Å². The number of fused-ring (bicyclic) bond motifs is 1. The van der Waals surface area contributed by atoms with Gasteiger partial charge in [-0.3, -0.25) is 9.40 Å². The van der Waals surface area contributed by atoms with Gasteiger partial charge in [0.25, 0.3) is 10.0 Å². The van der Waals surface area contributed by atoms with Gasteiger partial charge in [-0.15, -0.1) is 0 Å². The molecule has 7 nitrogen and oxygen atoms in total. The number of rotatable bonds is 6. The van der Waals surface area contributed by atoms with Crippen molar-refractivity contribution in [3.05, 3.63) is 91.3 Å². The Morgan fingerprint density at radius 3 is 2.38 bits per heavy atom. The Kier molecular flexibility index (Phi) is 5.28. The van der Waals surface area contributed by atoms with Gasteiger partial charge in [-0.1, -0.05) is 54.6 Å². The first kappa shape index (κ1) is 20.1. The van der Waals surface area contributed by atoms with E-state index in [4.69, 9.17) is 9.47 Å². The van der Waals surface area contributed by atoms with Gasteiger partial charge in [0.2, 0.25) is 0 Å². The molecule has 1 atom stereocenters. The molecule has 1 unspecified atom stereocenters. The van der Waals surface area contributed by atoms with Crippen LogP contribution in [0, 0.1) is 0 Å². The van der Waals surface area contributed by atoms with Crippen molar-refractivity contribution in [3.63, 3.8) is 0 Å². The third-order valence-corrected chi connectivity index (χ3v) is 6.51. The third kappa shape index (κ3) is 4.31. The van der Waals surface area contributed by atoms with E-state index in [1.165, 1.54) is 6.20 Å². The van der Waals surface area contributed by atoms with Gasteiger partial charge < -0.3 is 9.47 Å². The first-order chi connectivity index (χ1) is 15.6. The minimum absolute atomic E-state index is 0.186. The highest BCUT2D eigenvalue weighted by Gasteiger charge is 2.22. The van der Waals surface area contributed by atoms with Gasteiger partial charge >= 0.3 is 0 Å². The predicted molar refractivity (Wildman–Crippen MR) is 121 cm³/mol. The smallest absolute Gasteiger partial charge is 0.261 e. The second-order valence-corrected chi connectivity index (χ2v) is 9.13. The quantitative estimate of drug-likeness (QED) is 0.479. The van der Waals surface area contributed by atoms with Gasteiger partial charge in [0, 0.05) is 6.20 Å². The normalized spacial score (nSPS) is 15.3. The predicted octanol–water partition coefficient (Wildman–Crippen LogP) is 4.19. The maximum absolute atomic E-state index is 12.8. The monoisotopic (exact) mass is 447 g/mol. The second-order valence-electron chi connectivity index (χ2n) is 7.44. The van der Waals surface area contributed by atoms with Gasteiger partial charge in [-0.2, -0.15) is 5.10 Å². The summed E-state index contributed by atoms with van der Waals surface area (Å²) in [5.74, 6) is 1.41. The van der Waals surface area contributed by atoms with Crippen molar-refractivity contribution in [1.82, 2.24) is 9.78 Å². The second kappa shape index (κ2) is 8.39. The van der Waals surface area contributed by atoms with Crippen LogP contribution in [0.15, 0.2) is 96.2 Å². The number of ether oxygens (including phenoxy) is 2. The summed E-state index contributed by atoms with van der Waals surface area (Å²) in [5.41, 5.74) is 2.37. The number of sulfonamides is 1. The Morgan fingerprint density at radius 2 is 1.59 bits per heavy atom. The van der Waals surface area contributed by atoms with Gasteiger partial charge in [0.05, 0.1) is 23.3 Å². The molecule has 2 heterocycles. The SMILES string of the molecule is O=S(=O)(Nc1cnn(CC2COc3ccccc3O2)c1)c1ccc(-c2ccccc2)cc1. The van der Waals surface area contributed by atoms with E-state index < -0.39 is 10.0 Å². The number of hydrogen-bond donors (Lipinski definition) is 1. The molecule has 0 amide bonds. The lowest BCUT2D eigenvalue weighted by Gasteiger charge is -2.26. The molecule has 32 heavy (non-hydrogen) atoms. The summed E-state index contributed by atoms with van der Waals surface area (Å²) in [5, 5.41) is 4.25. The molecule has 162 valence electrons. The molecular formula is C24H21N3O4S.